The third-order valence-electron chi connectivity index (χ3n) is 2.85. The van der Waals surface area contributed by atoms with Crippen molar-refractivity contribution in [3.05, 3.63) is 6.20 Å². The molecule has 0 atom stereocenters. The van der Waals surface area contributed by atoms with Crippen molar-refractivity contribution in [1.29, 1.82) is 0 Å². The first kappa shape index (κ1) is 14.8. The highest BCUT2D eigenvalue weighted by atomic mass is 32.2. The summed E-state index contributed by atoms with van der Waals surface area (Å²) < 4.78 is 5.00. The molecule has 0 amide bonds. The molecule has 1 aliphatic rings. The summed E-state index contributed by atoms with van der Waals surface area (Å²) in [5, 5.41) is 17.2. The van der Waals surface area contributed by atoms with Gasteiger partial charge in [0.15, 0.2) is 5.12 Å². The van der Waals surface area contributed by atoms with Gasteiger partial charge in [-0.1, -0.05) is 11.8 Å². The van der Waals surface area contributed by atoms with Gasteiger partial charge >= 0.3 is 5.88 Å². The van der Waals surface area contributed by atoms with Crippen LogP contribution in [0.1, 0.15) is 6.92 Å². The minimum Gasteiger partial charge on any atom is -0.861 e. The van der Waals surface area contributed by atoms with Gasteiger partial charge in [-0.3, -0.25) is 9.32 Å². The van der Waals surface area contributed by atoms with Crippen molar-refractivity contribution in [2.24, 2.45) is 4.99 Å². The van der Waals surface area contributed by atoms with E-state index in [9.17, 15) is 9.90 Å². The van der Waals surface area contributed by atoms with Crippen molar-refractivity contribution in [3.8, 4) is 0 Å². The van der Waals surface area contributed by atoms with Crippen LogP contribution in [0.15, 0.2) is 15.7 Å². The van der Waals surface area contributed by atoms with Gasteiger partial charge in [-0.15, -0.1) is 0 Å². The molecule has 0 unspecified atom stereocenters. The van der Waals surface area contributed by atoms with E-state index in [0.717, 1.165) is 37.9 Å². The minimum atomic E-state index is -0.410. The Morgan fingerprint density at radius 3 is 2.90 bits per heavy atom. The summed E-state index contributed by atoms with van der Waals surface area (Å²) in [6.45, 7) is 4.97. The maximum atomic E-state index is 11.5. The molecule has 0 N–H and O–H groups in total. The zero-order valence-corrected chi connectivity index (χ0v) is 12.3. The van der Waals surface area contributed by atoms with Crippen LogP contribution >= 0.6 is 11.8 Å². The van der Waals surface area contributed by atoms with Crippen molar-refractivity contribution < 1.29 is 19.2 Å². The third-order valence-corrected chi connectivity index (χ3v) is 3.64. The molecule has 0 bridgehead atoms. The first-order valence-corrected chi connectivity index (χ1v) is 7.23. The van der Waals surface area contributed by atoms with Crippen molar-refractivity contribution >= 4 is 28.7 Å². The van der Waals surface area contributed by atoms with E-state index in [-0.39, 0.29) is 16.8 Å². The van der Waals surface area contributed by atoms with Crippen molar-refractivity contribution in [1.82, 2.24) is 10.2 Å². The van der Waals surface area contributed by atoms with E-state index in [2.05, 4.69) is 22.2 Å². The van der Waals surface area contributed by atoms with Gasteiger partial charge in [0, 0.05) is 25.8 Å². The van der Waals surface area contributed by atoms with Crippen LogP contribution in [0, 0.1) is 0 Å². The lowest BCUT2D eigenvalue weighted by Gasteiger charge is -2.26. The number of likely N-dealkylation sites (N-methyl/N-ethyl adjacent to an activating group) is 1. The molecule has 1 fully saturated rings. The van der Waals surface area contributed by atoms with Gasteiger partial charge in [0.2, 0.25) is 5.27 Å². The van der Waals surface area contributed by atoms with Crippen LogP contribution in [0.5, 0.6) is 0 Å². The molecule has 0 aliphatic carbocycles. The predicted molar refractivity (Wildman–Crippen MR) is 72.4 cm³/mol. The Balaban J connectivity index is 1.94. The SMILES string of the molecule is CC(=O)SCC([O-])=Nc1c[n+](N2CCN(C)CC2)no1. The molecular weight excluding hydrogens is 282 g/mol. The third kappa shape index (κ3) is 4.20. The second-order valence-corrected chi connectivity index (χ2v) is 5.66. The van der Waals surface area contributed by atoms with Gasteiger partial charge in [0.1, 0.15) is 0 Å². The molecule has 2 heterocycles. The fourth-order valence-electron chi connectivity index (χ4n) is 1.73. The lowest BCUT2D eigenvalue weighted by Crippen LogP contribution is -2.64. The molecule has 0 spiro atoms. The van der Waals surface area contributed by atoms with Crippen LogP contribution in [0.2, 0.25) is 0 Å². The quantitative estimate of drug-likeness (QED) is 0.380. The summed E-state index contributed by atoms with van der Waals surface area (Å²) in [7, 11) is 2.07. The monoisotopic (exact) mass is 299 g/mol. The highest BCUT2D eigenvalue weighted by molar-refractivity contribution is 8.14. The van der Waals surface area contributed by atoms with Crippen LogP contribution in [-0.2, 0) is 4.79 Å². The Bertz CT molecular complexity index is 496. The molecule has 0 saturated carbocycles. The summed E-state index contributed by atoms with van der Waals surface area (Å²) in [4.78, 5) is 18.3. The van der Waals surface area contributed by atoms with Crippen LogP contribution in [0.3, 0.4) is 0 Å². The molecule has 2 rings (SSSR count). The number of thioether (sulfide) groups is 1. The van der Waals surface area contributed by atoms with Crippen molar-refractivity contribution in [2.75, 3.05) is 44.0 Å². The Morgan fingerprint density at radius 2 is 2.25 bits per heavy atom. The number of hydrogen-bond acceptors (Lipinski definition) is 8. The number of nitrogens with zero attached hydrogens (tertiary/aromatic N) is 5. The maximum absolute atomic E-state index is 11.5. The molecular formula is C11H17N5O3S. The fourth-order valence-corrected chi connectivity index (χ4v) is 2.12. The molecule has 8 nitrogen and oxygen atoms in total. The highest BCUT2D eigenvalue weighted by Gasteiger charge is 2.24. The van der Waals surface area contributed by atoms with Crippen LogP contribution < -0.4 is 14.9 Å². The molecule has 0 aromatic carbocycles. The highest BCUT2D eigenvalue weighted by Crippen LogP contribution is 2.08. The minimum absolute atomic E-state index is 0.0184. The molecule has 1 aliphatic heterocycles. The average Bonchev–Trinajstić information content (AvgIpc) is 2.85. The molecule has 9 heteroatoms. The molecule has 0 radical (unpaired) electrons. The van der Waals surface area contributed by atoms with Gasteiger partial charge in [-0.2, -0.15) is 5.01 Å². The van der Waals surface area contributed by atoms with Gasteiger partial charge < -0.3 is 10.0 Å². The van der Waals surface area contributed by atoms with Crippen LogP contribution in [0.25, 0.3) is 0 Å². The molecule has 20 heavy (non-hydrogen) atoms. The number of carbonyl (C=O) groups excluding carboxylic acids is 1. The van der Waals surface area contributed by atoms with E-state index in [0.29, 0.717) is 0 Å². The second kappa shape index (κ2) is 6.71. The summed E-state index contributed by atoms with van der Waals surface area (Å²) in [5.74, 6) is -0.241. The maximum Gasteiger partial charge on any atom is 0.324 e. The second-order valence-electron chi connectivity index (χ2n) is 4.50. The number of aliphatic imine (C=N–C) groups is 1. The molecule has 110 valence electrons. The van der Waals surface area contributed by atoms with E-state index in [4.69, 9.17) is 4.52 Å². The summed E-state index contributed by atoms with van der Waals surface area (Å²) in [5.41, 5.74) is 0. The number of piperazine rings is 1. The van der Waals surface area contributed by atoms with E-state index < -0.39 is 5.90 Å². The lowest BCUT2D eigenvalue weighted by atomic mass is 10.4. The fraction of sp³-hybridized carbons (Fsp3) is 0.636. The molecule has 1 aromatic rings. The molecule has 1 aromatic heterocycles. The summed E-state index contributed by atoms with van der Waals surface area (Å²) >= 11 is 0.927. The normalized spacial score (nSPS) is 17.5. The summed E-state index contributed by atoms with van der Waals surface area (Å²) in [6.07, 6.45) is 1.57. The number of aromatic nitrogens is 2. The molecule has 1 saturated heterocycles. The lowest BCUT2D eigenvalue weighted by molar-refractivity contribution is -0.759. The number of rotatable bonds is 4. The van der Waals surface area contributed by atoms with Crippen molar-refractivity contribution in [3.63, 3.8) is 0 Å². The zero-order valence-electron chi connectivity index (χ0n) is 11.5. The van der Waals surface area contributed by atoms with Gasteiger partial charge in [-0.05, 0) is 12.9 Å². The predicted octanol–water partition coefficient (Wildman–Crippen LogP) is -1.48. The number of hydrogen-bond donors (Lipinski definition) is 0. The van der Waals surface area contributed by atoms with Crippen LogP contribution in [0.4, 0.5) is 5.88 Å². The standard InChI is InChI=1S/C11H17N5O3S/c1-9(17)20-8-10(18)12-11-7-16(13-19-11)15-5-3-14(2)4-6-15/h7H,3-6,8H2,1-2H3. The van der Waals surface area contributed by atoms with E-state index >= 15 is 0 Å². The first-order chi connectivity index (χ1) is 9.54. The van der Waals surface area contributed by atoms with Gasteiger partial charge in [0.25, 0.3) is 6.20 Å². The Morgan fingerprint density at radius 1 is 1.55 bits per heavy atom. The first-order valence-electron chi connectivity index (χ1n) is 6.25. The topological polar surface area (TPSA) is 88.9 Å². The van der Waals surface area contributed by atoms with Gasteiger partial charge in [-0.25, -0.2) is 4.99 Å². The Labute approximate surface area is 121 Å². The largest absolute Gasteiger partial charge is 0.861 e. The Hall–Kier alpha value is -1.61. The van der Waals surface area contributed by atoms with Gasteiger partial charge in [0.05, 0.1) is 17.9 Å². The van der Waals surface area contributed by atoms with Crippen LogP contribution in [-0.4, -0.2) is 60.2 Å². The number of carbonyl (C=O) groups is 1. The van der Waals surface area contributed by atoms with E-state index in [1.807, 2.05) is 5.01 Å². The van der Waals surface area contributed by atoms with E-state index in [1.165, 1.54) is 6.92 Å². The van der Waals surface area contributed by atoms with E-state index in [1.54, 1.807) is 11.0 Å². The van der Waals surface area contributed by atoms with Crippen molar-refractivity contribution in [2.45, 2.75) is 6.92 Å². The zero-order chi connectivity index (χ0) is 14.5. The average molecular weight is 299 g/mol. The Kier molecular flexibility index (Phi) is 4.96. The smallest absolute Gasteiger partial charge is 0.324 e. The summed E-state index contributed by atoms with van der Waals surface area (Å²) in [6, 6.07) is 0.